The monoisotopic (exact) mass is 285 g/mol. The molecule has 0 atom stereocenters. The second-order valence-corrected chi connectivity index (χ2v) is 5.56. The van der Waals surface area contributed by atoms with Crippen molar-refractivity contribution in [2.24, 2.45) is 5.41 Å². The van der Waals surface area contributed by atoms with Gasteiger partial charge in [0.1, 0.15) is 0 Å². The summed E-state index contributed by atoms with van der Waals surface area (Å²) in [5.74, 6) is 0.575. The second kappa shape index (κ2) is 4.61. The molecule has 17 heavy (non-hydrogen) atoms. The number of hydrogen-bond donors (Lipinski definition) is 1. The molecule has 0 spiro atoms. The molecule has 2 rings (SSSR count). The number of halogens is 4. The number of hydrogen-bond acceptors (Lipinski definition) is 4. The molecule has 1 aromatic heterocycles. The van der Waals surface area contributed by atoms with Crippen LogP contribution in [0.2, 0.25) is 0 Å². The van der Waals surface area contributed by atoms with E-state index in [1.807, 2.05) is 0 Å². The minimum Gasteiger partial charge on any atom is -0.360 e. The Hall–Kier alpha value is -0.560. The average molecular weight is 286 g/mol. The molecule has 96 valence electrons. The molecular formula is C9H11ClF3N3S. The Morgan fingerprint density at radius 1 is 1.35 bits per heavy atom. The Morgan fingerprint density at radius 3 is 2.53 bits per heavy atom. The normalized spacial score (nSPS) is 18.1. The van der Waals surface area contributed by atoms with Crippen molar-refractivity contribution in [1.29, 1.82) is 0 Å². The first-order chi connectivity index (χ1) is 7.95. The Bertz CT molecular complexity index is 389. The topological polar surface area (TPSA) is 37.8 Å². The molecule has 1 aliphatic carbocycles. The highest BCUT2D eigenvalue weighted by atomic mass is 35.5. The van der Waals surface area contributed by atoms with Gasteiger partial charge in [-0.3, -0.25) is 0 Å². The maximum atomic E-state index is 12.3. The molecule has 0 aliphatic heterocycles. The lowest BCUT2D eigenvalue weighted by Crippen LogP contribution is -2.15. The van der Waals surface area contributed by atoms with Gasteiger partial charge in [-0.1, -0.05) is 11.3 Å². The van der Waals surface area contributed by atoms with Crippen LogP contribution in [-0.2, 0) is 6.18 Å². The van der Waals surface area contributed by atoms with Crippen molar-refractivity contribution in [3.8, 4) is 0 Å². The van der Waals surface area contributed by atoms with Crippen molar-refractivity contribution in [3.05, 3.63) is 5.01 Å². The molecule has 0 aromatic carbocycles. The van der Waals surface area contributed by atoms with E-state index in [0.717, 1.165) is 19.3 Å². The molecule has 0 saturated heterocycles. The molecule has 1 heterocycles. The summed E-state index contributed by atoms with van der Waals surface area (Å²) in [6.07, 6.45) is -1.40. The zero-order chi connectivity index (χ0) is 12.5. The van der Waals surface area contributed by atoms with Crippen LogP contribution in [0, 0.1) is 5.41 Å². The maximum absolute atomic E-state index is 12.3. The van der Waals surface area contributed by atoms with E-state index in [0.29, 0.717) is 23.8 Å². The molecule has 1 aliphatic rings. The summed E-state index contributed by atoms with van der Waals surface area (Å²) < 4.78 is 36.8. The van der Waals surface area contributed by atoms with Crippen molar-refractivity contribution >= 4 is 28.1 Å². The third-order valence-electron chi connectivity index (χ3n) is 2.86. The average Bonchev–Trinajstić information content (AvgIpc) is 2.82. The van der Waals surface area contributed by atoms with Gasteiger partial charge in [-0.25, -0.2) is 0 Å². The van der Waals surface area contributed by atoms with Gasteiger partial charge in [-0.05, 0) is 24.7 Å². The fourth-order valence-electron chi connectivity index (χ4n) is 1.56. The summed E-state index contributed by atoms with van der Waals surface area (Å²) in [4.78, 5) is 0. The Kier molecular flexibility index (Phi) is 3.49. The summed E-state index contributed by atoms with van der Waals surface area (Å²) in [6, 6.07) is 0. The summed E-state index contributed by atoms with van der Waals surface area (Å²) in [5, 5.41) is 8.80. The lowest BCUT2D eigenvalue weighted by atomic mass is 10.0. The highest BCUT2D eigenvalue weighted by Crippen LogP contribution is 2.49. The van der Waals surface area contributed by atoms with E-state index in [1.165, 1.54) is 0 Å². The van der Waals surface area contributed by atoms with Crippen LogP contribution in [-0.4, -0.2) is 22.6 Å². The molecule has 0 amide bonds. The highest BCUT2D eigenvalue weighted by molar-refractivity contribution is 7.15. The number of nitrogens with one attached hydrogen (secondary N) is 1. The van der Waals surface area contributed by atoms with Crippen molar-refractivity contribution in [1.82, 2.24) is 10.2 Å². The zero-order valence-electron chi connectivity index (χ0n) is 8.85. The number of alkyl halides is 4. The zero-order valence-corrected chi connectivity index (χ0v) is 10.4. The number of aromatic nitrogens is 2. The van der Waals surface area contributed by atoms with Crippen LogP contribution < -0.4 is 5.32 Å². The van der Waals surface area contributed by atoms with Crippen molar-refractivity contribution in [2.75, 3.05) is 17.7 Å². The third-order valence-corrected chi connectivity index (χ3v) is 3.98. The largest absolute Gasteiger partial charge is 0.445 e. The van der Waals surface area contributed by atoms with E-state index >= 15 is 0 Å². The Morgan fingerprint density at radius 2 is 2.06 bits per heavy atom. The van der Waals surface area contributed by atoms with Gasteiger partial charge in [-0.2, -0.15) is 13.2 Å². The Labute approximate surface area is 105 Å². The predicted octanol–water partition coefficient (Wildman–Crippen LogP) is 3.38. The molecule has 0 unspecified atom stereocenters. The summed E-state index contributed by atoms with van der Waals surface area (Å²) >= 11 is 6.20. The van der Waals surface area contributed by atoms with Crippen molar-refractivity contribution < 1.29 is 13.2 Å². The van der Waals surface area contributed by atoms with Gasteiger partial charge < -0.3 is 5.32 Å². The van der Waals surface area contributed by atoms with Gasteiger partial charge in [0.25, 0.3) is 0 Å². The molecule has 1 N–H and O–H groups in total. The van der Waals surface area contributed by atoms with Crippen molar-refractivity contribution in [3.63, 3.8) is 0 Å². The van der Waals surface area contributed by atoms with Crippen LogP contribution in [0.15, 0.2) is 0 Å². The van der Waals surface area contributed by atoms with Crippen LogP contribution in [0.5, 0.6) is 0 Å². The van der Waals surface area contributed by atoms with Gasteiger partial charge in [0.2, 0.25) is 10.1 Å². The first kappa shape index (κ1) is 12.9. The minimum absolute atomic E-state index is 0.159. The second-order valence-electron chi connectivity index (χ2n) is 4.20. The lowest BCUT2D eigenvalue weighted by Gasteiger charge is -2.12. The molecule has 0 radical (unpaired) electrons. The van der Waals surface area contributed by atoms with Crippen LogP contribution in [0.25, 0.3) is 0 Å². The van der Waals surface area contributed by atoms with E-state index in [-0.39, 0.29) is 10.5 Å². The minimum atomic E-state index is -4.41. The standard InChI is InChI=1S/C9H11ClF3N3S/c10-4-3-8(1-2-8)5-14-7-16-15-6(17-7)9(11,12)13/h1-5H2,(H,14,16). The van der Waals surface area contributed by atoms with E-state index in [2.05, 4.69) is 15.5 Å². The van der Waals surface area contributed by atoms with Gasteiger partial charge >= 0.3 is 6.18 Å². The fraction of sp³-hybridized carbons (Fsp3) is 0.778. The molecule has 8 heteroatoms. The SMILES string of the molecule is FC(F)(F)c1nnc(NCC2(CCCl)CC2)s1. The number of rotatable bonds is 5. The van der Waals surface area contributed by atoms with Crippen molar-refractivity contribution in [2.45, 2.75) is 25.4 Å². The van der Waals surface area contributed by atoms with E-state index in [1.54, 1.807) is 0 Å². The quantitative estimate of drug-likeness (QED) is 0.843. The van der Waals surface area contributed by atoms with Crippen LogP contribution in [0.3, 0.4) is 0 Å². The van der Waals surface area contributed by atoms with Gasteiger partial charge in [-0.15, -0.1) is 21.8 Å². The van der Waals surface area contributed by atoms with Crippen LogP contribution >= 0.6 is 22.9 Å². The van der Waals surface area contributed by atoms with E-state index < -0.39 is 11.2 Å². The van der Waals surface area contributed by atoms with Gasteiger partial charge in [0, 0.05) is 12.4 Å². The van der Waals surface area contributed by atoms with E-state index in [4.69, 9.17) is 11.6 Å². The molecule has 3 nitrogen and oxygen atoms in total. The fourth-order valence-corrected chi connectivity index (χ4v) is 2.57. The molecule has 1 fully saturated rings. The van der Waals surface area contributed by atoms with Crippen LogP contribution in [0.4, 0.5) is 18.3 Å². The smallest absolute Gasteiger partial charge is 0.360 e. The number of anilines is 1. The summed E-state index contributed by atoms with van der Waals surface area (Å²) in [5.41, 5.74) is 0.159. The molecule has 1 aromatic rings. The molecular weight excluding hydrogens is 275 g/mol. The summed E-state index contributed by atoms with van der Waals surface area (Å²) in [7, 11) is 0. The molecule has 0 bridgehead atoms. The third kappa shape index (κ3) is 3.22. The van der Waals surface area contributed by atoms with E-state index in [9.17, 15) is 13.2 Å². The first-order valence-electron chi connectivity index (χ1n) is 5.16. The maximum Gasteiger partial charge on any atom is 0.445 e. The highest BCUT2D eigenvalue weighted by Gasteiger charge is 2.42. The lowest BCUT2D eigenvalue weighted by molar-refractivity contribution is -0.138. The Balaban J connectivity index is 1.90. The van der Waals surface area contributed by atoms with Crippen LogP contribution in [0.1, 0.15) is 24.3 Å². The first-order valence-corrected chi connectivity index (χ1v) is 6.51. The number of nitrogens with zero attached hydrogens (tertiary/aromatic N) is 2. The van der Waals surface area contributed by atoms with Gasteiger partial charge in [0.15, 0.2) is 0 Å². The predicted molar refractivity (Wildman–Crippen MR) is 60.4 cm³/mol. The molecule has 1 saturated carbocycles. The van der Waals surface area contributed by atoms with Gasteiger partial charge in [0.05, 0.1) is 0 Å². The summed E-state index contributed by atoms with van der Waals surface area (Å²) in [6.45, 7) is 0.617.